The molecule has 1 aliphatic carbocycles. The summed E-state index contributed by atoms with van der Waals surface area (Å²) < 4.78 is 18.0. The monoisotopic (exact) mass is 737 g/mol. The summed E-state index contributed by atoms with van der Waals surface area (Å²) in [5, 5.41) is 4.20. The number of ether oxygens (including phenoxy) is 1. The summed E-state index contributed by atoms with van der Waals surface area (Å²) in [5.74, 6) is 2.38. The Bertz CT molecular complexity index is 3430. The van der Waals surface area contributed by atoms with Gasteiger partial charge in [0, 0.05) is 34.0 Å². The molecule has 1 unspecified atom stereocenters. The third-order valence-electron chi connectivity index (χ3n) is 12.0. The molecule has 0 radical (unpaired) electrons. The lowest BCUT2D eigenvalue weighted by atomic mass is 9.96. The average Bonchev–Trinajstić information content (AvgIpc) is 4.02. The number of hydrogen-bond donors (Lipinski definition) is 0. The maximum Gasteiger partial charge on any atom is 0.221 e. The molecule has 1 atom stereocenters. The van der Waals surface area contributed by atoms with Crippen molar-refractivity contribution in [2.24, 2.45) is 0 Å². The van der Waals surface area contributed by atoms with Gasteiger partial charge in [0.05, 0.1) is 27.9 Å². The Labute approximate surface area is 327 Å². The molecule has 0 saturated carbocycles. The van der Waals surface area contributed by atoms with E-state index in [-0.39, 0.29) is 0 Å². The SMILES string of the molecule is Cc1ccc(-n2c3nc(Oc4cc(-c5cc6c(cn5)CC(c5ccccc5)C6)c5oc6c7ccccc7ccc6c5c4)ccc3n3c4ccccc4nc23)cc1C. The van der Waals surface area contributed by atoms with Crippen LogP contribution in [0.15, 0.2) is 150 Å². The van der Waals surface area contributed by atoms with E-state index in [1.807, 2.05) is 18.2 Å². The van der Waals surface area contributed by atoms with Crippen LogP contribution in [-0.4, -0.2) is 23.9 Å². The second-order valence-electron chi connectivity index (χ2n) is 15.4. The zero-order valence-electron chi connectivity index (χ0n) is 31.4. The number of benzene rings is 6. The summed E-state index contributed by atoms with van der Waals surface area (Å²) in [6.07, 6.45) is 4.02. The van der Waals surface area contributed by atoms with Crippen molar-refractivity contribution >= 4 is 60.7 Å². The zero-order valence-corrected chi connectivity index (χ0v) is 31.4. The van der Waals surface area contributed by atoms with Crippen molar-refractivity contribution in [3.8, 4) is 28.6 Å². The number of pyridine rings is 2. The van der Waals surface area contributed by atoms with Crippen LogP contribution in [0.3, 0.4) is 0 Å². The van der Waals surface area contributed by atoms with Crippen molar-refractivity contribution in [3.63, 3.8) is 0 Å². The summed E-state index contributed by atoms with van der Waals surface area (Å²) in [7, 11) is 0. The summed E-state index contributed by atoms with van der Waals surface area (Å²) in [5.41, 5.74) is 14.5. The predicted molar refractivity (Wildman–Crippen MR) is 228 cm³/mol. The van der Waals surface area contributed by atoms with E-state index in [2.05, 4.69) is 150 Å². The highest BCUT2D eigenvalue weighted by molar-refractivity contribution is 6.17. The van der Waals surface area contributed by atoms with E-state index in [0.717, 1.165) is 90.5 Å². The topological polar surface area (TPSA) is 70.4 Å². The van der Waals surface area contributed by atoms with E-state index < -0.39 is 0 Å². The van der Waals surface area contributed by atoms with Gasteiger partial charge in [0.1, 0.15) is 16.9 Å². The minimum Gasteiger partial charge on any atom is -0.455 e. The van der Waals surface area contributed by atoms with E-state index in [1.54, 1.807) is 0 Å². The molecule has 7 nitrogen and oxygen atoms in total. The molecule has 5 heterocycles. The summed E-state index contributed by atoms with van der Waals surface area (Å²) in [6, 6.07) is 48.6. The van der Waals surface area contributed by atoms with E-state index in [0.29, 0.717) is 17.5 Å². The van der Waals surface area contributed by atoms with Gasteiger partial charge in [-0.15, -0.1) is 0 Å². The summed E-state index contributed by atoms with van der Waals surface area (Å²) in [4.78, 5) is 15.4. The number of aryl methyl sites for hydroxylation is 2. The lowest BCUT2D eigenvalue weighted by molar-refractivity contribution is 0.465. The van der Waals surface area contributed by atoms with E-state index in [4.69, 9.17) is 24.1 Å². The molecule has 57 heavy (non-hydrogen) atoms. The second kappa shape index (κ2) is 12.1. The molecule has 6 aromatic carbocycles. The summed E-state index contributed by atoms with van der Waals surface area (Å²) >= 11 is 0. The lowest BCUT2D eigenvalue weighted by Crippen LogP contribution is -1.99. The Morgan fingerprint density at radius 3 is 2.40 bits per heavy atom. The van der Waals surface area contributed by atoms with Crippen LogP contribution in [0.4, 0.5) is 0 Å². The molecule has 0 saturated heterocycles. The zero-order chi connectivity index (χ0) is 37.8. The maximum atomic E-state index is 6.84. The third-order valence-corrected chi connectivity index (χ3v) is 12.0. The first-order valence-corrected chi connectivity index (χ1v) is 19.5. The molecule has 0 spiro atoms. The van der Waals surface area contributed by atoms with Crippen LogP contribution in [-0.2, 0) is 12.8 Å². The van der Waals surface area contributed by atoms with Crippen LogP contribution < -0.4 is 4.74 Å². The predicted octanol–water partition coefficient (Wildman–Crippen LogP) is 12.2. The van der Waals surface area contributed by atoms with Crippen molar-refractivity contribution in [2.45, 2.75) is 32.6 Å². The Hall–Kier alpha value is -7.25. The van der Waals surface area contributed by atoms with Gasteiger partial charge in [0.15, 0.2) is 5.65 Å². The highest BCUT2D eigenvalue weighted by Crippen LogP contribution is 2.43. The second-order valence-corrected chi connectivity index (χ2v) is 15.4. The van der Waals surface area contributed by atoms with Gasteiger partial charge in [-0.05, 0) is 120 Å². The van der Waals surface area contributed by atoms with Gasteiger partial charge < -0.3 is 9.15 Å². The fourth-order valence-electron chi connectivity index (χ4n) is 8.98. The molecular formula is C50H35N5O2. The number of para-hydroxylation sites is 2. The van der Waals surface area contributed by atoms with E-state index in [1.165, 1.54) is 27.8 Å². The van der Waals surface area contributed by atoms with Crippen LogP contribution in [0.1, 0.15) is 33.7 Å². The van der Waals surface area contributed by atoms with Gasteiger partial charge in [-0.3, -0.25) is 14.0 Å². The fraction of sp³-hybridized carbons (Fsp3) is 0.100. The maximum absolute atomic E-state index is 6.84. The molecule has 0 aliphatic heterocycles. The number of rotatable bonds is 5. The van der Waals surface area contributed by atoms with E-state index in [9.17, 15) is 0 Å². The van der Waals surface area contributed by atoms with Gasteiger partial charge in [-0.2, -0.15) is 4.98 Å². The molecule has 1 aliphatic rings. The van der Waals surface area contributed by atoms with Gasteiger partial charge in [-0.1, -0.05) is 78.9 Å². The van der Waals surface area contributed by atoms with E-state index >= 15 is 0 Å². The lowest BCUT2D eigenvalue weighted by Gasteiger charge is -2.11. The number of nitrogens with zero attached hydrogens (tertiary/aromatic N) is 5. The summed E-state index contributed by atoms with van der Waals surface area (Å²) in [6.45, 7) is 4.27. The first-order chi connectivity index (χ1) is 28.0. The Balaban J connectivity index is 1.03. The van der Waals surface area contributed by atoms with Gasteiger partial charge in [0.25, 0.3) is 0 Å². The van der Waals surface area contributed by atoms with Crippen molar-refractivity contribution in [1.82, 2.24) is 23.9 Å². The normalized spacial score (nSPS) is 14.2. The first kappa shape index (κ1) is 32.0. The molecule has 0 fully saturated rings. The smallest absolute Gasteiger partial charge is 0.221 e. The Kier molecular flexibility index (Phi) is 6.81. The Morgan fingerprint density at radius 2 is 1.49 bits per heavy atom. The molecule has 272 valence electrons. The first-order valence-electron chi connectivity index (χ1n) is 19.5. The highest BCUT2D eigenvalue weighted by atomic mass is 16.5. The third kappa shape index (κ3) is 4.95. The van der Waals surface area contributed by atoms with Gasteiger partial charge >= 0.3 is 0 Å². The number of aromatic nitrogens is 5. The molecule has 7 heteroatoms. The van der Waals surface area contributed by atoms with Crippen molar-refractivity contribution in [3.05, 3.63) is 174 Å². The van der Waals surface area contributed by atoms with Crippen molar-refractivity contribution in [2.75, 3.05) is 0 Å². The van der Waals surface area contributed by atoms with Crippen LogP contribution in [0, 0.1) is 13.8 Å². The van der Waals surface area contributed by atoms with Crippen LogP contribution in [0.2, 0.25) is 0 Å². The highest BCUT2D eigenvalue weighted by Gasteiger charge is 2.26. The number of fused-ring (bicyclic) bond motifs is 11. The fourth-order valence-corrected chi connectivity index (χ4v) is 8.98. The van der Waals surface area contributed by atoms with Gasteiger partial charge in [0.2, 0.25) is 11.7 Å². The molecule has 0 bridgehead atoms. The quantitative estimate of drug-likeness (QED) is 0.176. The number of hydrogen-bond acceptors (Lipinski definition) is 5. The van der Waals surface area contributed by atoms with Crippen molar-refractivity contribution < 1.29 is 9.15 Å². The molecule has 0 N–H and O–H groups in total. The minimum atomic E-state index is 0.440. The van der Waals surface area contributed by atoms with Crippen LogP contribution >= 0.6 is 0 Å². The molecule has 5 aromatic heterocycles. The molecule has 11 aromatic rings. The number of imidazole rings is 2. The molecule has 0 amide bonds. The average molecular weight is 738 g/mol. The van der Waals surface area contributed by atoms with Crippen LogP contribution in [0.5, 0.6) is 11.6 Å². The van der Waals surface area contributed by atoms with Crippen molar-refractivity contribution in [1.29, 1.82) is 0 Å². The molecular weight excluding hydrogens is 703 g/mol. The van der Waals surface area contributed by atoms with Gasteiger partial charge in [-0.25, -0.2) is 4.98 Å². The standard InChI is InChI=1S/C50H35N5O2/c1-29-16-18-36(22-30(29)2)54-49-45(55-44-15-9-8-14-42(44)52-50(54)55)20-21-46(53-49)56-37-26-40-39-19-17-32-12-6-7-13-38(32)47(39)57-48(40)41(27-37)43-25-34-23-33(24-35(34)28-51-43)31-10-4-3-5-11-31/h3-22,25-28,33H,23-24H2,1-2H3. The van der Waals surface area contributed by atoms with Crippen LogP contribution in [0.25, 0.3) is 77.6 Å². The minimum absolute atomic E-state index is 0.440. The number of furan rings is 1. The largest absolute Gasteiger partial charge is 0.455 e. The Morgan fingerprint density at radius 1 is 0.649 bits per heavy atom. The molecule has 12 rings (SSSR count).